The minimum absolute atomic E-state index is 0.200. The molecule has 128 valence electrons. The van der Waals surface area contributed by atoms with Crippen molar-refractivity contribution in [2.24, 2.45) is 5.73 Å². The van der Waals surface area contributed by atoms with Crippen LogP contribution in [0.25, 0.3) is 0 Å². The summed E-state index contributed by atoms with van der Waals surface area (Å²) in [6.07, 6.45) is 0. The van der Waals surface area contributed by atoms with E-state index in [4.69, 9.17) is 10.5 Å². The minimum atomic E-state index is -0.200. The quantitative estimate of drug-likeness (QED) is 0.916. The summed E-state index contributed by atoms with van der Waals surface area (Å²) in [6.45, 7) is 10.9. The first-order valence-electron chi connectivity index (χ1n) is 8.68. The van der Waals surface area contributed by atoms with Gasteiger partial charge in [0.1, 0.15) is 11.4 Å². The average Bonchev–Trinajstić information content (AvgIpc) is 2.86. The standard InChI is InChI=1S/C21H28N2O/c1-15-8-7-10-17-18(15)14-23(19(17)12-22)13-16-9-5-6-11-20(16)24-21(2,3)4/h5-11,19H,12-14,22H2,1-4H3. The van der Waals surface area contributed by atoms with Gasteiger partial charge in [0.25, 0.3) is 0 Å². The second-order valence-electron chi connectivity index (χ2n) is 7.62. The number of rotatable bonds is 4. The Morgan fingerprint density at radius 2 is 1.88 bits per heavy atom. The first-order valence-corrected chi connectivity index (χ1v) is 8.68. The van der Waals surface area contributed by atoms with Gasteiger partial charge < -0.3 is 10.5 Å². The monoisotopic (exact) mass is 324 g/mol. The van der Waals surface area contributed by atoms with E-state index in [1.54, 1.807) is 0 Å². The normalized spacial score (nSPS) is 17.8. The van der Waals surface area contributed by atoms with Crippen LogP contribution in [0.15, 0.2) is 42.5 Å². The molecule has 0 aromatic heterocycles. The molecule has 2 N–H and O–H groups in total. The Balaban J connectivity index is 1.86. The molecule has 0 amide bonds. The Hall–Kier alpha value is -1.84. The fourth-order valence-corrected chi connectivity index (χ4v) is 3.49. The second kappa shape index (κ2) is 6.58. The lowest BCUT2D eigenvalue weighted by Crippen LogP contribution is -2.28. The summed E-state index contributed by atoms with van der Waals surface area (Å²) in [7, 11) is 0. The Bertz CT molecular complexity index is 718. The highest BCUT2D eigenvalue weighted by molar-refractivity contribution is 5.41. The van der Waals surface area contributed by atoms with E-state index in [-0.39, 0.29) is 11.6 Å². The molecule has 1 unspecified atom stereocenters. The highest BCUT2D eigenvalue weighted by atomic mass is 16.5. The number of nitrogens with zero attached hydrogens (tertiary/aromatic N) is 1. The van der Waals surface area contributed by atoms with Crippen LogP contribution in [0.2, 0.25) is 0 Å². The smallest absolute Gasteiger partial charge is 0.124 e. The van der Waals surface area contributed by atoms with E-state index in [0.717, 1.165) is 18.8 Å². The molecule has 2 aromatic rings. The zero-order chi connectivity index (χ0) is 17.3. The van der Waals surface area contributed by atoms with E-state index in [2.05, 4.69) is 69.0 Å². The third kappa shape index (κ3) is 3.47. The Morgan fingerprint density at radius 1 is 1.12 bits per heavy atom. The summed E-state index contributed by atoms with van der Waals surface area (Å²) >= 11 is 0. The summed E-state index contributed by atoms with van der Waals surface area (Å²) in [6, 6.07) is 15.2. The van der Waals surface area contributed by atoms with Gasteiger partial charge in [-0.1, -0.05) is 36.4 Å². The maximum Gasteiger partial charge on any atom is 0.124 e. The third-order valence-electron chi connectivity index (χ3n) is 4.59. The van der Waals surface area contributed by atoms with Crippen molar-refractivity contribution in [1.82, 2.24) is 4.90 Å². The third-order valence-corrected chi connectivity index (χ3v) is 4.59. The first kappa shape index (κ1) is 17.0. The molecule has 1 atom stereocenters. The van der Waals surface area contributed by atoms with Gasteiger partial charge in [-0.2, -0.15) is 0 Å². The number of hydrogen-bond acceptors (Lipinski definition) is 3. The van der Waals surface area contributed by atoms with Crippen LogP contribution in [0.4, 0.5) is 0 Å². The predicted octanol–water partition coefficient (Wildman–Crippen LogP) is 4.19. The van der Waals surface area contributed by atoms with Crippen LogP contribution >= 0.6 is 0 Å². The fraction of sp³-hybridized carbons (Fsp3) is 0.429. The lowest BCUT2D eigenvalue weighted by molar-refractivity contribution is 0.125. The molecule has 0 bridgehead atoms. The molecule has 24 heavy (non-hydrogen) atoms. The maximum absolute atomic E-state index is 6.15. The maximum atomic E-state index is 6.15. The molecular formula is C21H28N2O. The van der Waals surface area contributed by atoms with E-state index in [9.17, 15) is 0 Å². The van der Waals surface area contributed by atoms with Crippen LogP contribution in [0, 0.1) is 6.92 Å². The van der Waals surface area contributed by atoms with Crippen molar-refractivity contribution < 1.29 is 4.74 Å². The van der Waals surface area contributed by atoms with Gasteiger partial charge in [0, 0.05) is 31.2 Å². The molecule has 0 radical (unpaired) electrons. The molecule has 0 saturated carbocycles. The topological polar surface area (TPSA) is 38.5 Å². The Morgan fingerprint density at radius 3 is 2.58 bits per heavy atom. The van der Waals surface area contributed by atoms with Gasteiger partial charge in [0.05, 0.1) is 0 Å². The van der Waals surface area contributed by atoms with Gasteiger partial charge in [0.15, 0.2) is 0 Å². The molecule has 2 aromatic carbocycles. The van der Waals surface area contributed by atoms with Gasteiger partial charge in [-0.25, -0.2) is 0 Å². The molecule has 1 aliphatic rings. The molecule has 3 heteroatoms. The van der Waals surface area contributed by atoms with Crippen LogP contribution in [-0.4, -0.2) is 17.0 Å². The number of nitrogens with two attached hydrogens (primary N) is 1. The Labute approximate surface area is 145 Å². The summed E-state index contributed by atoms with van der Waals surface area (Å²) < 4.78 is 6.15. The molecule has 0 saturated heterocycles. The lowest BCUT2D eigenvalue weighted by atomic mass is 10.0. The first-order chi connectivity index (χ1) is 11.4. The van der Waals surface area contributed by atoms with E-state index >= 15 is 0 Å². The van der Waals surface area contributed by atoms with Crippen LogP contribution < -0.4 is 10.5 Å². The number of para-hydroxylation sites is 1. The lowest BCUT2D eigenvalue weighted by Gasteiger charge is -2.27. The zero-order valence-electron chi connectivity index (χ0n) is 15.2. The fourth-order valence-electron chi connectivity index (χ4n) is 3.49. The van der Waals surface area contributed by atoms with Crippen LogP contribution in [0.1, 0.15) is 49.1 Å². The molecule has 1 aliphatic heterocycles. The van der Waals surface area contributed by atoms with Crippen LogP contribution in [0.5, 0.6) is 5.75 Å². The predicted molar refractivity (Wildman–Crippen MR) is 99.0 cm³/mol. The number of fused-ring (bicyclic) bond motifs is 1. The molecule has 1 heterocycles. The van der Waals surface area contributed by atoms with E-state index < -0.39 is 0 Å². The van der Waals surface area contributed by atoms with Gasteiger partial charge in [0.2, 0.25) is 0 Å². The largest absolute Gasteiger partial charge is 0.488 e. The summed E-state index contributed by atoms with van der Waals surface area (Å²) in [5.74, 6) is 0.966. The minimum Gasteiger partial charge on any atom is -0.488 e. The molecule has 0 aliphatic carbocycles. The van der Waals surface area contributed by atoms with Crippen LogP contribution in [0.3, 0.4) is 0 Å². The van der Waals surface area contributed by atoms with Gasteiger partial charge in [-0.05, 0) is 50.5 Å². The van der Waals surface area contributed by atoms with E-state index in [1.165, 1.54) is 22.3 Å². The second-order valence-corrected chi connectivity index (χ2v) is 7.62. The SMILES string of the molecule is Cc1cccc2c1CN(Cc1ccccc1OC(C)(C)C)C2CN. The molecule has 3 rings (SSSR count). The van der Waals surface area contributed by atoms with Crippen molar-refractivity contribution in [1.29, 1.82) is 0 Å². The zero-order valence-corrected chi connectivity index (χ0v) is 15.2. The Kier molecular flexibility index (Phi) is 4.66. The highest BCUT2D eigenvalue weighted by Crippen LogP contribution is 2.37. The van der Waals surface area contributed by atoms with E-state index in [0.29, 0.717) is 6.54 Å². The number of hydrogen-bond donors (Lipinski definition) is 1. The van der Waals surface area contributed by atoms with Crippen molar-refractivity contribution in [3.63, 3.8) is 0 Å². The van der Waals surface area contributed by atoms with Crippen molar-refractivity contribution in [3.8, 4) is 5.75 Å². The summed E-state index contributed by atoms with van der Waals surface area (Å²) in [4.78, 5) is 2.46. The molecule has 0 fully saturated rings. The summed E-state index contributed by atoms with van der Waals surface area (Å²) in [5.41, 5.74) is 11.3. The highest BCUT2D eigenvalue weighted by Gasteiger charge is 2.30. The van der Waals surface area contributed by atoms with Crippen molar-refractivity contribution in [2.75, 3.05) is 6.54 Å². The van der Waals surface area contributed by atoms with Gasteiger partial charge >= 0.3 is 0 Å². The van der Waals surface area contributed by atoms with Gasteiger partial charge in [-0.3, -0.25) is 4.90 Å². The number of aryl methyl sites for hydroxylation is 1. The molecular weight excluding hydrogens is 296 g/mol. The number of ether oxygens (including phenoxy) is 1. The number of benzene rings is 2. The summed E-state index contributed by atoms with van der Waals surface area (Å²) in [5, 5.41) is 0. The average molecular weight is 324 g/mol. The van der Waals surface area contributed by atoms with Crippen LogP contribution in [-0.2, 0) is 13.1 Å². The van der Waals surface area contributed by atoms with Crippen molar-refractivity contribution in [3.05, 3.63) is 64.7 Å². The van der Waals surface area contributed by atoms with Gasteiger partial charge in [-0.15, -0.1) is 0 Å². The van der Waals surface area contributed by atoms with Crippen molar-refractivity contribution in [2.45, 2.75) is 52.4 Å². The van der Waals surface area contributed by atoms with Crippen molar-refractivity contribution >= 4 is 0 Å². The molecule has 0 spiro atoms. The van der Waals surface area contributed by atoms with E-state index in [1.807, 2.05) is 6.07 Å². The molecule has 3 nitrogen and oxygen atoms in total.